The number of thiazole rings is 1. The molecule has 6 nitrogen and oxygen atoms in total. The van der Waals surface area contributed by atoms with E-state index in [0.717, 1.165) is 43.1 Å². The fourth-order valence-electron chi connectivity index (χ4n) is 3.76. The van der Waals surface area contributed by atoms with Gasteiger partial charge in [0.05, 0.1) is 30.0 Å². The minimum Gasteiger partial charge on any atom is -0.377 e. The van der Waals surface area contributed by atoms with E-state index < -0.39 is 0 Å². The van der Waals surface area contributed by atoms with E-state index in [1.165, 1.54) is 0 Å². The number of ether oxygens (including phenoxy) is 3. The monoisotopic (exact) mass is 354 g/mol. The molecule has 2 saturated heterocycles. The Bertz CT molecular complexity index is 565. The molecule has 0 spiro atoms. The van der Waals surface area contributed by atoms with Gasteiger partial charge < -0.3 is 19.1 Å². The number of carbonyl (C=O) groups is 1. The van der Waals surface area contributed by atoms with Gasteiger partial charge in [-0.15, -0.1) is 11.3 Å². The van der Waals surface area contributed by atoms with Crippen molar-refractivity contribution in [2.45, 2.75) is 38.9 Å². The van der Waals surface area contributed by atoms with Crippen LogP contribution in [0.2, 0.25) is 0 Å². The SMILES string of the molecule is COCC(=O)N1CC[C@H]2OCCC[C@@]2(COCc2csc(C)n2)C1. The van der Waals surface area contributed by atoms with Crippen LogP contribution >= 0.6 is 11.3 Å². The van der Waals surface area contributed by atoms with Gasteiger partial charge in [-0.3, -0.25) is 4.79 Å². The van der Waals surface area contributed by atoms with Crippen LogP contribution in [0.15, 0.2) is 5.38 Å². The first-order chi connectivity index (χ1) is 11.6. The molecule has 1 amide bonds. The van der Waals surface area contributed by atoms with Crippen LogP contribution in [0, 0.1) is 12.3 Å². The minimum atomic E-state index is -0.106. The van der Waals surface area contributed by atoms with Crippen LogP contribution in [0.4, 0.5) is 0 Å². The third kappa shape index (κ3) is 3.96. The van der Waals surface area contributed by atoms with Gasteiger partial charge >= 0.3 is 0 Å². The molecule has 1 aromatic heterocycles. The molecule has 2 fully saturated rings. The normalized spacial score (nSPS) is 27.1. The van der Waals surface area contributed by atoms with Crippen molar-refractivity contribution in [2.24, 2.45) is 5.41 Å². The van der Waals surface area contributed by atoms with E-state index >= 15 is 0 Å². The first-order valence-corrected chi connectivity index (χ1v) is 9.38. The van der Waals surface area contributed by atoms with Crippen molar-refractivity contribution in [1.29, 1.82) is 0 Å². The van der Waals surface area contributed by atoms with Gasteiger partial charge in [-0.05, 0) is 26.2 Å². The summed E-state index contributed by atoms with van der Waals surface area (Å²) in [6.07, 6.45) is 3.09. The number of nitrogens with zero attached hydrogens (tertiary/aromatic N) is 2. The summed E-state index contributed by atoms with van der Waals surface area (Å²) in [5.74, 6) is 0.0519. The van der Waals surface area contributed by atoms with E-state index in [1.807, 2.05) is 17.2 Å². The zero-order valence-electron chi connectivity index (χ0n) is 14.5. The number of piperidine rings is 1. The van der Waals surface area contributed by atoms with E-state index in [0.29, 0.717) is 19.8 Å². The second-order valence-corrected chi connectivity index (χ2v) is 7.78. The summed E-state index contributed by atoms with van der Waals surface area (Å²) < 4.78 is 17.0. The third-order valence-corrected chi connectivity index (χ3v) is 5.74. The van der Waals surface area contributed by atoms with E-state index in [2.05, 4.69) is 4.98 Å². The Kier molecular flexibility index (Phi) is 5.86. The maximum atomic E-state index is 12.2. The van der Waals surface area contributed by atoms with Crippen LogP contribution in [0.5, 0.6) is 0 Å². The lowest BCUT2D eigenvalue weighted by Gasteiger charge is -2.50. The summed E-state index contributed by atoms with van der Waals surface area (Å²) in [5, 5.41) is 3.09. The fraction of sp³-hybridized carbons (Fsp3) is 0.765. The first kappa shape index (κ1) is 17.8. The smallest absolute Gasteiger partial charge is 0.248 e. The fourth-order valence-corrected chi connectivity index (χ4v) is 4.36. The average Bonchev–Trinajstić information content (AvgIpc) is 2.99. The molecular formula is C17H26N2O4S. The number of methoxy groups -OCH3 is 1. The highest BCUT2D eigenvalue weighted by atomic mass is 32.1. The second-order valence-electron chi connectivity index (χ2n) is 6.71. The molecule has 0 saturated carbocycles. The molecule has 0 radical (unpaired) electrons. The number of hydrogen-bond donors (Lipinski definition) is 0. The highest BCUT2D eigenvalue weighted by molar-refractivity contribution is 7.09. The lowest BCUT2D eigenvalue weighted by Crippen LogP contribution is -2.58. The molecule has 3 heterocycles. The van der Waals surface area contributed by atoms with Crippen molar-refractivity contribution >= 4 is 17.2 Å². The van der Waals surface area contributed by atoms with Gasteiger partial charge in [-0.25, -0.2) is 4.98 Å². The predicted molar refractivity (Wildman–Crippen MR) is 91.0 cm³/mol. The summed E-state index contributed by atoms with van der Waals surface area (Å²) in [4.78, 5) is 18.6. The van der Waals surface area contributed by atoms with Gasteiger partial charge in [0.2, 0.25) is 5.91 Å². The largest absolute Gasteiger partial charge is 0.377 e. The lowest BCUT2D eigenvalue weighted by molar-refractivity contribution is -0.168. The Hall–Kier alpha value is -1.02. The summed E-state index contributed by atoms with van der Waals surface area (Å²) >= 11 is 1.64. The second kappa shape index (κ2) is 7.91. The molecule has 0 aromatic carbocycles. The lowest BCUT2D eigenvalue weighted by atomic mass is 9.73. The van der Waals surface area contributed by atoms with Crippen LogP contribution in [-0.2, 0) is 25.6 Å². The first-order valence-electron chi connectivity index (χ1n) is 8.50. The zero-order chi connectivity index (χ0) is 17.0. The van der Waals surface area contributed by atoms with E-state index in [1.54, 1.807) is 18.4 Å². The van der Waals surface area contributed by atoms with Crippen LogP contribution in [-0.4, -0.2) is 61.9 Å². The van der Waals surface area contributed by atoms with Crippen molar-refractivity contribution in [3.63, 3.8) is 0 Å². The quantitative estimate of drug-likeness (QED) is 0.782. The molecule has 2 aliphatic heterocycles. The van der Waals surface area contributed by atoms with Crippen molar-refractivity contribution in [3.05, 3.63) is 16.1 Å². The summed E-state index contributed by atoms with van der Waals surface area (Å²) in [6, 6.07) is 0. The number of amides is 1. The van der Waals surface area contributed by atoms with Crippen LogP contribution in [0.25, 0.3) is 0 Å². The molecule has 24 heavy (non-hydrogen) atoms. The van der Waals surface area contributed by atoms with Crippen molar-refractivity contribution in [1.82, 2.24) is 9.88 Å². The van der Waals surface area contributed by atoms with Crippen molar-refractivity contribution in [3.8, 4) is 0 Å². The standard InChI is InChI=1S/C17H26N2O4S/c1-13-18-14(10-24-13)8-22-12-17-5-3-7-23-15(17)4-6-19(11-17)16(20)9-21-2/h10,15H,3-9,11-12H2,1-2H3/t15-,17+/m1/s1. The third-order valence-electron chi connectivity index (χ3n) is 4.91. The van der Waals surface area contributed by atoms with Gasteiger partial charge in [0.1, 0.15) is 6.61 Å². The molecule has 0 bridgehead atoms. The molecule has 2 atom stereocenters. The van der Waals surface area contributed by atoms with Gasteiger partial charge in [0, 0.05) is 37.6 Å². The Balaban J connectivity index is 1.63. The maximum Gasteiger partial charge on any atom is 0.248 e. The van der Waals surface area contributed by atoms with E-state index in [9.17, 15) is 4.79 Å². The summed E-state index contributed by atoms with van der Waals surface area (Å²) in [5.41, 5.74) is 0.871. The van der Waals surface area contributed by atoms with Gasteiger partial charge in [-0.2, -0.15) is 0 Å². The minimum absolute atomic E-state index is 0.0519. The Morgan fingerprint density at radius 3 is 3.21 bits per heavy atom. The molecule has 0 N–H and O–H groups in total. The van der Waals surface area contributed by atoms with Crippen molar-refractivity contribution in [2.75, 3.05) is 40.0 Å². The van der Waals surface area contributed by atoms with Crippen molar-refractivity contribution < 1.29 is 19.0 Å². The molecule has 134 valence electrons. The van der Waals surface area contributed by atoms with Gasteiger partial charge in [0.15, 0.2) is 0 Å². The highest BCUT2D eigenvalue weighted by Crippen LogP contribution is 2.40. The molecule has 3 rings (SSSR count). The summed E-state index contributed by atoms with van der Waals surface area (Å²) in [7, 11) is 1.56. The molecule has 0 unspecified atom stereocenters. The highest BCUT2D eigenvalue weighted by Gasteiger charge is 2.47. The Morgan fingerprint density at radius 1 is 1.58 bits per heavy atom. The van der Waals surface area contributed by atoms with Gasteiger partial charge in [-0.1, -0.05) is 0 Å². The van der Waals surface area contributed by atoms with E-state index in [-0.39, 0.29) is 24.0 Å². The molecular weight excluding hydrogens is 328 g/mol. The topological polar surface area (TPSA) is 60.9 Å². The van der Waals surface area contributed by atoms with E-state index in [4.69, 9.17) is 14.2 Å². The Morgan fingerprint density at radius 2 is 2.46 bits per heavy atom. The molecule has 0 aliphatic carbocycles. The zero-order valence-corrected chi connectivity index (χ0v) is 15.3. The molecule has 2 aliphatic rings. The van der Waals surface area contributed by atoms with Crippen LogP contribution < -0.4 is 0 Å². The number of fused-ring (bicyclic) bond motifs is 1. The maximum absolute atomic E-state index is 12.2. The van der Waals surface area contributed by atoms with Crippen LogP contribution in [0.1, 0.15) is 30.0 Å². The summed E-state index contributed by atoms with van der Waals surface area (Å²) in [6.45, 7) is 5.49. The van der Waals surface area contributed by atoms with Gasteiger partial charge in [0.25, 0.3) is 0 Å². The number of rotatable bonds is 6. The number of aryl methyl sites for hydroxylation is 1. The Labute approximate surface area is 147 Å². The van der Waals surface area contributed by atoms with Crippen LogP contribution in [0.3, 0.4) is 0 Å². The molecule has 1 aromatic rings. The number of carbonyl (C=O) groups excluding carboxylic acids is 1. The molecule has 7 heteroatoms. The number of likely N-dealkylation sites (tertiary alicyclic amines) is 1. The predicted octanol–water partition coefficient (Wildman–Crippen LogP) is 2.01. The average molecular weight is 354 g/mol. The number of hydrogen-bond acceptors (Lipinski definition) is 6. The number of aromatic nitrogens is 1.